The van der Waals surface area contributed by atoms with E-state index in [-0.39, 0.29) is 17.0 Å². The van der Waals surface area contributed by atoms with Gasteiger partial charge in [-0.2, -0.15) is 0 Å². The fourth-order valence-electron chi connectivity index (χ4n) is 2.83. The summed E-state index contributed by atoms with van der Waals surface area (Å²) in [5.74, 6) is -0.393. The number of hydrogen-bond acceptors (Lipinski definition) is 5. The molecule has 0 bridgehead atoms. The van der Waals surface area contributed by atoms with E-state index in [2.05, 4.69) is 21.4 Å². The number of hydrogen-bond donors (Lipinski definition) is 1. The van der Waals surface area contributed by atoms with Gasteiger partial charge in [0.1, 0.15) is 17.1 Å². The second kappa shape index (κ2) is 7.36. The Labute approximate surface area is 172 Å². The number of nitrogens with zero attached hydrogens (tertiary/aromatic N) is 2. The van der Waals surface area contributed by atoms with Crippen molar-refractivity contribution in [3.05, 3.63) is 86.6 Å². The summed E-state index contributed by atoms with van der Waals surface area (Å²) in [5, 5.41) is 12.1. The second-order valence-corrected chi connectivity index (χ2v) is 7.04. The Balaban J connectivity index is 1.61. The van der Waals surface area contributed by atoms with Crippen molar-refractivity contribution >= 4 is 45.2 Å². The predicted octanol–water partition coefficient (Wildman–Crippen LogP) is 4.08. The van der Waals surface area contributed by atoms with E-state index in [0.717, 1.165) is 9.48 Å². The third kappa shape index (κ3) is 3.67. The summed E-state index contributed by atoms with van der Waals surface area (Å²) in [4.78, 5) is 35.4. The largest absolute Gasteiger partial charge is 0.457 e. The van der Waals surface area contributed by atoms with E-state index in [4.69, 9.17) is 4.42 Å². The minimum absolute atomic E-state index is 0.0608. The molecule has 0 saturated carbocycles. The molecule has 0 aliphatic carbocycles. The molecule has 0 unspecified atom stereocenters. The molecule has 9 heteroatoms. The first-order valence-electron chi connectivity index (χ1n) is 8.40. The fourth-order valence-corrected chi connectivity index (χ4v) is 3.09. The van der Waals surface area contributed by atoms with Crippen molar-refractivity contribution in [2.24, 2.45) is 0 Å². The molecule has 0 spiro atoms. The summed E-state index contributed by atoms with van der Waals surface area (Å²) in [7, 11) is 0. The van der Waals surface area contributed by atoms with Crippen molar-refractivity contribution in [3.8, 4) is 11.3 Å². The highest BCUT2D eigenvalue weighted by Crippen LogP contribution is 2.28. The third-order valence-electron chi connectivity index (χ3n) is 4.23. The van der Waals surface area contributed by atoms with Crippen molar-refractivity contribution in [1.29, 1.82) is 0 Å². The molecule has 144 valence electrons. The predicted molar refractivity (Wildman–Crippen MR) is 109 cm³/mol. The molecule has 0 radical (unpaired) electrons. The van der Waals surface area contributed by atoms with Gasteiger partial charge in [0.05, 0.1) is 10.6 Å². The Morgan fingerprint density at radius 3 is 2.55 bits per heavy atom. The molecule has 1 aliphatic heterocycles. The van der Waals surface area contributed by atoms with Gasteiger partial charge >= 0.3 is 0 Å². The molecule has 1 fully saturated rings. The number of amides is 2. The van der Waals surface area contributed by atoms with Crippen molar-refractivity contribution in [2.45, 2.75) is 0 Å². The highest BCUT2D eigenvalue weighted by Gasteiger charge is 2.34. The smallest absolute Gasteiger partial charge is 0.282 e. The van der Waals surface area contributed by atoms with Crippen LogP contribution in [0.25, 0.3) is 17.4 Å². The van der Waals surface area contributed by atoms with Gasteiger partial charge in [0.15, 0.2) is 0 Å². The molecule has 1 saturated heterocycles. The first kappa shape index (κ1) is 18.6. The molecule has 0 atom stereocenters. The van der Waals surface area contributed by atoms with Gasteiger partial charge in [0.25, 0.3) is 17.5 Å². The topological polar surface area (TPSA) is 106 Å². The number of hydrazine groups is 1. The van der Waals surface area contributed by atoms with Crippen LogP contribution in [0.15, 0.2) is 75.1 Å². The number of nitrogens with one attached hydrogen (secondary N) is 1. The van der Waals surface area contributed by atoms with Crippen LogP contribution in [0.2, 0.25) is 0 Å². The lowest BCUT2D eigenvalue weighted by molar-refractivity contribution is -0.384. The van der Waals surface area contributed by atoms with Crippen molar-refractivity contribution in [3.63, 3.8) is 0 Å². The summed E-state index contributed by atoms with van der Waals surface area (Å²) >= 11 is 3.32. The molecule has 1 aromatic heterocycles. The highest BCUT2D eigenvalue weighted by atomic mass is 79.9. The number of benzene rings is 2. The molecule has 2 heterocycles. The van der Waals surface area contributed by atoms with Gasteiger partial charge in [0.2, 0.25) is 0 Å². The van der Waals surface area contributed by atoms with Crippen LogP contribution >= 0.6 is 15.9 Å². The molecule has 1 aliphatic rings. The molecular formula is C20H12BrN3O5. The summed E-state index contributed by atoms with van der Waals surface area (Å²) in [6.45, 7) is 0. The molecule has 29 heavy (non-hydrogen) atoms. The van der Waals surface area contributed by atoms with Crippen LogP contribution in [-0.4, -0.2) is 16.7 Å². The minimum atomic E-state index is -0.550. The highest BCUT2D eigenvalue weighted by molar-refractivity contribution is 9.10. The van der Waals surface area contributed by atoms with Crippen molar-refractivity contribution in [1.82, 2.24) is 5.43 Å². The van der Waals surface area contributed by atoms with E-state index in [1.54, 1.807) is 48.5 Å². The van der Waals surface area contributed by atoms with Crippen LogP contribution in [0, 0.1) is 10.1 Å². The Kier molecular flexibility index (Phi) is 4.73. The van der Waals surface area contributed by atoms with Gasteiger partial charge < -0.3 is 4.42 Å². The zero-order valence-corrected chi connectivity index (χ0v) is 16.3. The molecule has 2 amide bonds. The summed E-state index contributed by atoms with van der Waals surface area (Å²) in [6.07, 6.45) is 1.34. The molecule has 1 N–H and O–H groups in total. The minimum Gasteiger partial charge on any atom is -0.457 e. The van der Waals surface area contributed by atoms with Gasteiger partial charge in [-0.1, -0.05) is 28.1 Å². The molecule has 2 aromatic carbocycles. The van der Waals surface area contributed by atoms with Crippen LogP contribution in [0.4, 0.5) is 11.4 Å². The second-order valence-electron chi connectivity index (χ2n) is 6.13. The number of carbonyl (C=O) groups is 2. The van der Waals surface area contributed by atoms with Crippen LogP contribution in [-0.2, 0) is 9.59 Å². The maximum absolute atomic E-state index is 12.6. The third-order valence-corrected chi connectivity index (χ3v) is 4.76. The number of carbonyl (C=O) groups excluding carboxylic acids is 2. The van der Waals surface area contributed by atoms with Crippen molar-refractivity contribution in [2.75, 3.05) is 5.01 Å². The molecular weight excluding hydrogens is 442 g/mol. The van der Waals surface area contributed by atoms with Crippen LogP contribution in [0.3, 0.4) is 0 Å². The van der Waals surface area contributed by atoms with Gasteiger partial charge in [-0.25, -0.2) is 5.01 Å². The van der Waals surface area contributed by atoms with E-state index in [1.807, 2.05) is 0 Å². The first-order valence-corrected chi connectivity index (χ1v) is 9.19. The van der Waals surface area contributed by atoms with Crippen LogP contribution < -0.4 is 10.4 Å². The number of anilines is 1. The maximum Gasteiger partial charge on any atom is 0.282 e. The molecule has 4 rings (SSSR count). The SMILES string of the molecule is O=C1NN(c2ccc(Br)cc2)C(=O)C1=Cc1ccc(-c2cccc([N+](=O)[O-])c2)o1. The summed E-state index contributed by atoms with van der Waals surface area (Å²) < 4.78 is 6.51. The number of nitro benzene ring substituents is 1. The molecule has 3 aromatic rings. The molecule has 8 nitrogen and oxygen atoms in total. The fraction of sp³-hybridized carbons (Fsp3) is 0. The van der Waals surface area contributed by atoms with Gasteiger partial charge in [0, 0.05) is 22.2 Å². The Morgan fingerprint density at radius 1 is 1.07 bits per heavy atom. The lowest BCUT2D eigenvalue weighted by atomic mass is 10.1. The Bertz CT molecular complexity index is 1170. The van der Waals surface area contributed by atoms with E-state index >= 15 is 0 Å². The van der Waals surface area contributed by atoms with Gasteiger partial charge in [-0.15, -0.1) is 0 Å². The monoisotopic (exact) mass is 453 g/mol. The van der Waals surface area contributed by atoms with E-state index in [9.17, 15) is 19.7 Å². The number of non-ortho nitro benzene ring substituents is 1. The number of rotatable bonds is 4. The quantitative estimate of drug-likeness (QED) is 0.277. The average molecular weight is 454 g/mol. The Morgan fingerprint density at radius 2 is 1.83 bits per heavy atom. The average Bonchev–Trinajstić information content (AvgIpc) is 3.29. The van der Waals surface area contributed by atoms with Crippen molar-refractivity contribution < 1.29 is 18.9 Å². The van der Waals surface area contributed by atoms with E-state index in [0.29, 0.717) is 17.0 Å². The number of halogens is 1. The first-order chi connectivity index (χ1) is 13.9. The zero-order chi connectivity index (χ0) is 20.5. The standard InChI is InChI=1S/C20H12BrN3O5/c21-13-4-6-14(7-5-13)23-20(26)17(19(25)22-23)11-16-8-9-18(29-16)12-2-1-3-15(10-12)24(27)28/h1-11H,(H,22,25). The van der Waals surface area contributed by atoms with Crippen LogP contribution in [0.5, 0.6) is 0 Å². The Hall–Kier alpha value is -3.72. The van der Waals surface area contributed by atoms with Gasteiger partial charge in [-0.3, -0.25) is 25.1 Å². The lowest BCUT2D eigenvalue weighted by Gasteiger charge is -2.14. The van der Waals surface area contributed by atoms with Crippen LogP contribution in [0.1, 0.15) is 5.76 Å². The normalized spacial score (nSPS) is 15.1. The maximum atomic E-state index is 12.6. The lowest BCUT2D eigenvalue weighted by Crippen LogP contribution is -2.35. The van der Waals surface area contributed by atoms with Gasteiger partial charge in [-0.05, 0) is 42.5 Å². The summed E-state index contributed by atoms with van der Waals surface area (Å²) in [6, 6.07) is 16.1. The van der Waals surface area contributed by atoms with E-state index in [1.165, 1.54) is 18.2 Å². The number of nitro groups is 1. The van der Waals surface area contributed by atoms with E-state index < -0.39 is 16.7 Å². The zero-order valence-electron chi connectivity index (χ0n) is 14.7. The summed E-state index contributed by atoms with van der Waals surface area (Å²) in [5.41, 5.74) is 3.41. The number of furan rings is 1.